The zero-order valence-corrected chi connectivity index (χ0v) is 25.2. The summed E-state index contributed by atoms with van der Waals surface area (Å²) in [5.41, 5.74) is 2.06. The van der Waals surface area contributed by atoms with Crippen LogP contribution in [0.1, 0.15) is 47.6 Å². The molecule has 3 aliphatic rings. The Bertz CT molecular complexity index is 2050. The van der Waals surface area contributed by atoms with Crippen LogP contribution >= 0.6 is 0 Å². The van der Waals surface area contributed by atoms with Crippen LogP contribution < -0.4 is 27.2 Å². The number of aromatic nitrogens is 3. The van der Waals surface area contributed by atoms with Crippen LogP contribution in [0.15, 0.2) is 113 Å². The Hall–Kier alpha value is -5.71. The lowest BCUT2D eigenvalue weighted by Gasteiger charge is -2.30. The monoisotopic (exact) mass is 615 g/mol. The first kappa shape index (κ1) is 29.0. The van der Waals surface area contributed by atoms with E-state index in [0.29, 0.717) is 53.7 Å². The van der Waals surface area contributed by atoms with E-state index in [2.05, 4.69) is 20.9 Å². The van der Waals surface area contributed by atoms with Crippen LogP contribution in [0.4, 0.5) is 5.69 Å². The molecule has 2 aliphatic heterocycles. The fourth-order valence-corrected chi connectivity index (χ4v) is 6.35. The molecule has 2 aromatic heterocycles. The SMILES string of the molecule is Cc1cnc2c(c1)c(=O)n(C1CCC(NC(=O)C3=CN4C=CC=CC4N3)CC1)c(=O)n2-c1cccc(C(=O)Nc2ccccc2)c1. The molecular formula is C35H33N7O4. The van der Waals surface area contributed by atoms with Crippen molar-refractivity contribution < 1.29 is 9.59 Å². The Balaban J connectivity index is 1.16. The van der Waals surface area contributed by atoms with Crippen molar-refractivity contribution in [1.82, 2.24) is 29.7 Å². The van der Waals surface area contributed by atoms with Crippen LogP contribution in [0.5, 0.6) is 0 Å². The van der Waals surface area contributed by atoms with Crippen molar-refractivity contribution in [3.05, 3.63) is 135 Å². The van der Waals surface area contributed by atoms with Gasteiger partial charge in [-0.1, -0.05) is 30.3 Å². The van der Waals surface area contributed by atoms with E-state index in [1.807, 2.05) is 54.5 Å². The number of aryl methyl sites for hydroxylation is 1. The molecule has 0 saturated heterocycles. The summed E-state index contributed by atoms with van der Waals surface area (Å²) in [5.74, 6) is -0.502. The number of para-hydroxylation sites is 1. The van der Waals surface area contributed by atoms with E-state index in [9.17, 15) is 19.2 Å². The number of benzene rings is 2. The molecule has 11 nitrogen and oxygen atoms in total. The first-order valence-electron chi connectivity index (χ1n) is 15.4. The minimum atomic E-state index is -0.514. The molecule has 7 rings (SSSR count). The topological polar surface area (TPSA) is 130 Å². The molecule has 0 bridgehead atoms. The predicted molar refractivity (Wildman–Crippen MR) is 175 cm³/mol. The maximum absolute atomic E-state index is 14.2. The smallest absolute Gasteiger partial charge is 0.337 e. The first-order valence-corrected chi connectivity index (χ1v) is 15.4. The second-order valence-electron chi connectivity index (χ2n) is 11.8. The molecule has 0 radical (unpaired) electrons. The number of fused-ring (bicyclic) bond motifs is 2. The lowest BCUT2D eigenvalue weighted by Crippen LogP contribution is -2.46. The third kappa shape index (κ3) is 5.51. The van der Waals surface area contributed by atoms with Gasteiger partial charge >= 0.3 is 5.69 Å². The highest BCUT2D eigenvalue weighted by Crippen LogP contribution is 2.28. The maximum atomic E-state index is 14.2. The number of nitrogens with zero attached hydrogens (tertiary/aromatic N) is 4. The molecule has 2 aromatic carbocycles. The fraction of sp³-hybridized carbons (Fsp3) is 0.229. The Morgan fingerprint density at radius 1 is 0.935 bits per heavy atom. The van der Waals surface area contributed by atoms with E-state index in [-0.39, 0.29) is 35.7 Å². The summed E-state index contributed by atoms with van der Waals surface area (Å²) in [6.45, 7) is 1.85. The minimum absolute atomic E-state index is 0.0690. The molecule has 1 atom stereocenters. The molecule has 232 valence electrons. The van der Waals surface area contributed by atoms with E-state index >= 15 is 0 Å². The van der Waals surface area contributed by atoms with Crippen LogP contribution in [-0.4, -0.2) is 43.0 Å². The summed E-state index contributed by atoms with van der Waals surface area (Å²) in [4.78, 5) is 60.6. The molecule has 46 heavy (non-hydrogen) atoms. The normalized spacial score (nSPS) is 20.2. The highest BCUT2D eigenvalue weighted by atomic mass is 16.2. The highest BCUT2D eigenvalue weighted by Gasteiger charge is 2.30. The van der Waals surface area contributed by atoms with Crippen LogP contribution in [0.25, 0.3) is 16.7 Å². The van der Waals surface area contributed by atoms with Gasteiger partial charge in [0.25, 0.3) is 17.4 Å². The van der Waals surface area contributed by atoms with Crippen LogP contribution in [0.3, 0.4) is 0 Å². The average molecular weight is 616 g/mol. The molecule has 1 fully saturated rings. The largest absolute Gasteiger partial charge is 0.356 e. The Labute approximate surface area is 264 Å². The summed E-state index contributed by atoms with van der Waals surface area (Å²) in [6, 6.07) is 17.2. The number of allylic oxidation sites excluding steroid dienone is 2. The quantitative estimate of drug-likeness (QED) is 0.300. The zero-order chi connectivity index (χ0) is 31.8. The molecule has 11 heteroatoms. The number of nitrogens with one attached hydrogen (secondary N) is 3. The zero-order valence-electron chi connectivity index (χ0n) is 25.2. The van der Waals surface area contributed by atoms with Gasteiger partial charge < -0.3 is 20.9 Å². The minimum Gasteiger partial charge on any atom is -0.356 e. The van der Waals surface area contributed by atoms with Gasteiger partial charge in [0.05, 0.1) is 11.1 Å². The lowest BCUT2D eigenvalue weighted by molar-refractivity contribution is -0.118. The molecule has 4 heterocycles. The molecule has 1 unspecified atom stereocenters. The van der Waals surface area contributed by atoms with Crippen molar-refractivity contribution in [1.29, 1.82) is 0 Å². The van der Waals surface area contributed by atoms with Crippen LogP contribution in [0.2, 0.25) is 0 Å². The van der Waals surface area contributed by atoms with E-state index in [1.54, 1.807) is 54.9 Å². The van der Waals surface area contributed by atoms with E-state index in [1.165, 1.54) is 9.13 Å². The highest BCUT2D eigenvalue weighted by molar-refractivity contribution is 6.04. The molecule has 1 aliphatic carbocycles. The Morgan fingerprint density at radius 3 is 2.52 bits per heavy atom. The number of anilines is 1. The van der Waals surface area contributed by atoms with Crippen molar-refractivity contribution >= 4 is 28.5 Å². The number of carbonyl (C=O) groups is 2. The van der Waals surface area contributed by atoms with E-state index in [0.717, 1.165) is 5.56 Å². The van der Waals surface area contributed by atoms with Crippen molar-refractivity contribution in [2.75, 3.05) is 5.32 Å². The fourth-order valence-electron chi connectivity index (χ4n) is 6.35. The van der Waals surface area contributed by atoms with Crippen molar-refractivity contribution in [3.8, 4) is 5.69 Å². The number of amides is 2. The van der Waals surface area contributed by atoms with E-state index < -0.39 is 11.2 Å². The second-order valence-corrected chi connectivity index (χ2v) is 11.8. The summed E-state index contributed by atoms with van der Waals surface area (Å²) in [5, 5.41) is 9.53. The van der Waals surface area contributed by atoms with Gasteiger partial charge in [0, 0.05) is 41.9 Å². The first-order chi connectivity index (χ1) is 22.4. The lowest BCUT2D eigenvalue weighted by atomic mass is 9.90. The Morgan fingerprint density at radius 2 is 1.74 bits per heavy atom. The van der Waals surface area contributed by atoms with Gasteiger partial charge in [-0.2, -0.15) is 0 Å². The predicted octanol–water partition coefficient (Wildman–Crippen LogP) is 3.86. The third-order valence-electron chi connectivity index (χ3n) is 8.67. The van der Waals surface area contributed by atoms with Gasteiger partial charge in [0.15, 0.2) is 5.65 Å². The van der Waals surface area contributed by atoms with Gasteiger partial charge in [-0.15, -0.1) is 0 Å². The standard InChI is InChI=1S/C35H33N7O4/c1-22-18-28-31(36-20-22)41(27-11-7-8-23(19-27)32(43)37-24-9-3-2-4-10-24)35(46)42(34(28)45)26-15-13-25(14-16-26)38-33(44)29-21-40-17-6-5-12-30(40)39-29/h2-12,17-21,25-26,30,39H,13-16H2,1H3,(H,37,43)(H,38,44). The third-order valence-corrected chi connectivity index (χ3v) is 8.67. The second kappa shape index (κ2) is 12.0. The summed E-state index contributed by atoms with van der Waals surface area (Å²) in [7, 11) is 0. The number of rotatable bonds is 6. The molecule has 0 spiro atoms. The molecule has 2 amide bonds. The summed E-state index contributed by atoms with van der Waals surface area (Å²) in [6.07, 6.45) is 13.4. The molecular weight excluding hydrogens is 582 g/mol. The number of hydrogen-bond acceptors (Lipinski definition) is 7. The Kier molecular flexibility index (Phi) is 7.57. The van der Waals surface area contributed by atoms with Crippen LogP contribution in [-0.2, 0) is 4.79 Å². The molecule has 3 N–H and O–H groups in total. The van der Waals surface area contributed by atoms with Gasteiger partial charge in [-0.25, -0.2) is 14.3 Å². The molecule has 1 saturated carbocycles. The van der Waals surface area contributed by atoms with Gasteiger partial charge in [-0.05, 0) is 86.7 Å². The van der Waals surface area contributed by atoms with Gasteiger partial charge in [-0.3, -0.25) is 19.0 Å². The average Bonchev–Trinajstić information content (AvgIpc) is 3.51. The van der Waals surface area contributed by atoms with E-state index in [4.69, 9.17) is 0 Å². The molecule has 4 aromatic rings. The van der Waals surface area contributed by atoms with Crippen LogP contribution in [0, 0.1) is 6.92 Å². The van der Waals surface area contributed by atoms with Crippen molar-refractivity contribution in [2.45, 2.75) is 50.9 Å². The van der Waals surface area contributed by atoms with Crippen molar-refractivity contribution in [3.63, 3.8) is 0 Å². The maximum Gasteiger partial charge on any atom is 0.337 e. The number of hydrogen-bond donors (Lipinski definition) is 3. The van der Waals surface area contributed by atoms with Gasteiger partial charge in [0.2, 0.25) is 0 Å². The summed E-state index contributed by atoms with van der Waals surface area (Å²) >= 11 is 0. The van der Waals surface area contributed by atoms with Gasteiger partial charge in [0.1, 0.15) is 11.9 Å². The van der Waals surface area contributed by atoms with Crippen molar-refractivity contribution in [2.24, 2.45) is 0 Å². The summed E-state index contributed by atoms with van der Waals surface area (Å²) < 4.78 is 2.75. The number of carbonyl (C=O) groups excluding carboxylic acids is 2. The number of pyridine rings is 1.